The predicted molar refractivity (Wildman–Crippen MR) is 68.3 cm³/mol. The molecule has 2 N–H and O–H groups in total. The number of fused-ring (bicyclic) bond motifs is 1. The lowest BCUT2D eigenvalue weighted by atomic mass is 9.99. The van der Waals surface area contributed by atoms with Gasteiger partial charge in [0, 0.05) is 57.4 Å². The Morgan fingerprint density at radius 3 is 2.94 bits per heavy atom. The van der Waals surface area contributed by atoms with E-state index in [9.17, 15) is 4.79 Å². The molecule has 1 amide bonds. The van der Waals surface area contributed by atoms with E-state index in [1.54, 1.807) is 0 Å². The summed E-state index contributed by atoms with van der Waals surface area (Å²) in [5.41, 5.74) is 0. The van der Waals surface area contributed by atoms with Crippen LogP contribution in [0.3, 0.4) is 0 Å². The van der Waals surface area contributed by atoms with Gasteiger partial charge in [-0.25, -0.2) is 0 Å². The highest BCUT2D eigenvalue weighted by Crippen LogP contribution is 2.20. The maximum atomic E-state index is 12.2. The first kappa shape index (κ1) is 12.4. The molecule has 5 heteroatoms. The smallest absolute Gasteiger partial charge is 0.223 e. The fraction of sp³-hybridized carbons (Fsp3) is 0.923. The van der Waals surface area contributed by atoms with Gasteiger partial charge in [-0.05, 0) is 19.3 Å². The van der Waals surface area contributed by atoms with E-state index in [2.05, 4.69) is 15.5 Å². The van der Waals surface area contributed by atoms with E-state index >= 15 is 0 Å². The Bertz CT molecular complexity index is 291. The molecule has 0 radical (unpaired) electrons. The molecule has 3 aliphatic heterocycles. The molecule has 0 aromatic rings. The van der Waals surface area contributed by atoms with Gasteiger partial charge in [0.05, 0.1) is 0 Å². The van der Waals surface area contributed by atoms with Crippen LogP contribution in [0.1, 0.15) is 19.3 Å². The molecule has 3 rings (SSSR count). The highest BCUT2D eigenvalue weighted by Gasteiger charge is 2.35. The van der Waals surface area contributed by atoms with E-state index in [0.29, 0.717) is 12.1 Å². The topological polar surface area (TPSA) is 53.6 Å². The molecule has 3 fully saturated rings. The Kier molecular flexibility index (Phi) is 3.82. The molecule has 3 heterocycles. The van der Waals surface area contributed by atoms with Crippen molar-refractivity contribution in [3.05, 3.63) is 0 Å². The molecule has 0 aromatic heterocycles. The first-order valence-electron chi connectivity index (χ1n) is 7.16. The lowest BCUT2D eigenvalue weighted by molar-refractivity contribution is -0.128. The lowest BCUT2D eigenvalue weighted by Crippen LogP contribution is -2.47. The summed E-state index contributed by atoms with van der Waals surface area (Å²) in [5.74, 6) is 0.422. The Hall–Kier alpha value is -0.650. The number of nitrogens with zero attached hydrogens (tertiary/aromatic N) is 1. The van der Waals surface area contributed by atoms with Crippen molar-refractivity contribution >= 4 is 5.91 Å². The van der Waals surface area contributed by atoms with Gasteiger partial charge in [-0.2, -0.15) is 0 Å². The Morgan fingerprint density at radius 1 is 1.33 bits per heavy atom. The average Bonchev–Trinajstić information content (AvgIpc) is 2.82. The summed E-state index contributed by atoms with van der Waals surface area (Å²) in [6.07, 6.45) is 2.86. The molecule has 0 spiro atoms. The molecule has 3 saturated heterocycles. The Morgan fingerprint density at radius 2 is 2.17 bits per heavy atom. The largest absolute Gasteiger partial charge is 0.381 e. The van der Waals surface area contributed by atoms with Crippen molar-refractivity contribution in [2.45, 2.75) is 31.3 Å². The second-order valence-corrected chi connectivity index (χ2v) is 5.68. The number of ether oxygens (including phenoxy) is 1. The summed E-state index contributed by atoms with van der Waals surface area (Å²) in [7, 11) is 0. The van der Waals surface area contributed by atoms with Crippen molar-refractivity contribution in [3.8, 4) is 0 Å². The number of hydrogen-bond donors (Lipinski definition) is 2. The maximum Gasteiger partial charge on any atom is 0.223 e. The van der Waals surface area contributed by atoms with E-state index in [1.165, 1.54) is 0 Å². The second kappa shape index (κ2) is 5.55. The highest BCUT2D eigenvalue weighted by atomic mass is 16.5. The van der Waals surface area contributed by atoms with E-state index in [0.717, 1.165) is 58.7 Å². The first-order chi connectivity index (χ1) is 8.83. The molecule has 0 aromatic carbocycles. The highest BCUT2D eigenvalue weighted by molar-refractivity contribution is 5.79. The van der Waals surface area contributed by atoms with Crippen LogP contribution in [0.25, 0.3) is 0 Å². The number of carbonyl (C=O) groups is 1. The average molecular weight is 253 g/mol. The van der Waals surface area contributed by atoms with E-state index in [1.807, 2.05) is 0 Å². The maximum absolute atomic E-state index is 12.2. The van der Waals surface area contributed by atoms with E-state index < -0.39 is 0 Å². The van der Waals surface area contributed by atoms with Crippen LogP contribution < -0.4 is 10.6 Å². The summed E-state index contributed by atoms with van der Waals surface area (Å²) in [4.78, 5) is 14.7. The van der Waals surface area contributed by atoms with E-state index in [-0.39, 0.29) is 11.8 Å². The third kappa shape index (κ3) is 2.68. The minimum absolute atomic E-state index is 0.175. The zero-order chi connectivity index (χ0) is 12.4. The third-order valence-electron chi connectivity index (χ3n) is 4.42. The molecular weight excluding hydrogens is 230 g/mol. The summed E-state index contributed by atoms with van der Waals surface area (Å²) in [6, 6.07) is 0.976. The van der Waals surface area contributed by atoms with Gasteiger partial charge in [-0.3, -0.25) is 9.69 Å². The minimum atomic E-state index is 0.175. The third-order valence-corrected chi connectivity index (χ3v) is 4.42. The molecule has 5 nitrogen and oxygen atoms in total. The van der Waals surface area contributed by atoms with E-state index in [4.69, 9.17) is 4.74 Å². The van der Waals surface area contributed by atoms with Crippen LogP contribution in [0.4, 0.5) is 0 Å². The van der Waals surface area contributed by atoms with Crippen LogP contribution >= 0.6 is 0 Å². The molecule has 2 atom stereocenters. The van der Waals surface area contributed by atoms with Gasteiger partial charge in [0.1, 0.15) is 0 Å². The predicted octanol–water partition coefficient (Wildman–Crippen LogP) is -0.425. The van der Waals surface area contributed by atoms with Crippen LogP contribution in [0.2, 0.25) is 0 Å². The van der Waals surface area contributed by atoms with Crippen LogP contribution in [0.15, 0.2) is 0 Å². The van der Waals surface area contributed by atoms with Crippen LogP contribution in [-0.4, -0.2) is 62.3 Å². The fourth-order valence-electron chi connectivity index (χ4n) is 3.35. The van der Waals surface area contributed by atoms with Crippen LogP contribution in [0.5, 0.6) is 0 Å². The summed E-state index contributed by atoms with van der Waals surface area (Å²) >= 11 is 0. The fourth-order valence-corrected chi connectivity index (χ4v) is 3.35. The zero-order valence-electron chi connectivity index (χ0n) is 10.9. The van der Waals surface area contributed by atoms with Gasteiger partial charge in [0.15, 0.2) is 0 Å². The number of piperazine rings is 1. The standard InChI is InChI=1S/C13H23N3O2/c17-13(10-1-5-18-6-2-10)15-11-7-12-8-14-3-4-16(12)9-11/h10-12,14H,1-9H2,(H,15,17)/t11-,12-/m0/s1. The van der Waals surface area contributed by atoms with Gasteiger partial charge in [-0.1, -0.05) is 0 Å². The number of hydrogen-bond acceptors (Lipinski definition) is 4. The number of carbonyl (C=O) groups excluding carboxylic acids is 1. The summed E-state index contributed by atoms with van der Waals surface area (Å²) < 4.78 is 5.30. The van der Waals surface area contributed by atoms with Gasteiger partial charge < -0.3 is 15.4 Å². The molecule has 0 saturated carbocycles. The van der Waals surface area contributed by atoms with Gasteiger partial charge >= 0.3 is 0 Å². The number of nitrogens with one attached hydrogen (secondary N) is 2. The second-order valence-electron chi connectivity index (χ2n) is 5.68. The van der Waals surface area contributed by atoms with Crippen molar-refractivity contribution in [3.63, 3.8) is 0 Å². The molecule has 0 unspecified atom stereocenters. The van der Waals surface area contributed by atoms with Crippen LogP contribution in [-0.2, 0) is 9.53 Å². The zero-order valence-corrected chi connectivity index (χ0v) is 10.9. The number of amides is 1. The first-order valence-corrected chi connectivity index (χ1v) is 7.16. The van der Waals surface area contributed by atoms with Crippen molar-refractivity contribution in [2.75, 3.05) is 39.4 Å². The molecular formula is C13H23N3O2. The lowest BCUT2D eigenvalue weighted by Gasteiger charge is -2.29. The SMILES string of the molecule is O=C(N[C@H]1C[C@H]2CNCCN2C1)C1CCOCC1. The molecule has 3 aliphatic rings. The van der Waals surface area contributed by atoms with Gasteiger partial charge in [-0.15, -0.1) is 0 Å². The quantitative estimate of drug-likeness (QED) is 0.701. The van der Waals surface area contributed by atoms with Crippen molar-refractivity contribution in [2.24, 2.45) is 5.92 Å². The van der Waals surface area contributed by atoms with Gasteiger partial charge in [0.25, 0.3) is 0 Å². The summed E-state index contributed by atoms with van der Waals surface area (Å²) in [5, 5.41) is 6.66. The van der Waals surface area contributed by atoms with Gasteiger partial charge in [0.2, 0.25) is 5.91 Å². The number of rotatable bonds is 2. The summed E-state index contributed by atoms with van der Waals surface area (Å²) in [6.45, 7) is 5.78. The molecule has 18 heavy (non-hydrogen) atoms. The molecule has 0 bridgehead atoms. The van der Waals surface area contributed by atoms with Crippen LogP contribution in [0, 0.1) is 5.92 Å². The minimum Gasteiger partial charge on any atom is -0.381 e. The van der Waals surface area contributed by atoms with Crippen molar-refractivity contribution in [1.29, 1.82) is 0 Å². The Labute approximate surface area is 108 Å². The molecule has 102 valence electrons. The van der Waals surface area contributed by atoms with Crippen molar-refractivity contribution in [1.82, 2.24) is 15.5 Å². The van der Waals surface area contributed by atoms with Crippen molar-refractivity contribution < 1.29 is 9.53 Å². The normalized spacial score (nSPS) is 34.2. The molecule has 0 aliphatic carbocycles. The Balaban J connectivity index is 1.49. The monoisotopic (exact) mass is 253 g/mol.